The fourth-order valence-corrected chi connectivity index (χ4v) is 5.24. The molecule has 4 aromatic rings. The largest absolute Gasteiger partial charge is 0.497 e. The number of methoxy groups -OCH3 is 2. The number of fused-ring (bicyclic) bond motifs is 2. The lowest BCUT2D eigenvalue weighted by Gasteiger charge is -2.14. The van der Waals surface area contributed by atoms with E-state index in [2.05, 4.69) is 21.3 Å². The van der Waals surface area contributed by atoms with Crippen molar-refractivity contribution in [2.24, 2.45) is 0 Å². The zero-order chi connectivity index (χ0) is 39.9. The van der Waals surface area contributed by atoms with Crippen LogP contribution < -0.4 is 30.7 Å². The quantitative estimate of drug-likeness (QED) is 0.0966. The Bertz CT molecular complexity index is 1840. The molecule has 0 spiro atoms. The van der Waals surface area contributed by atoms with Crippen LogP contribution in [0, 0.1) is 0 Å². The smallest absolute Gasteiger partial charge is 0.325 e. The van der Waals surface area contributed by atoms with E-state index in [9.17, 15) is 28.8 Å². The molecule has 0 aromatic heterocycles. The van der Waals surface area contributed by atoms with Crippen LogP contribution in [0.1, 0.15) is 63.5 Å². The first kappa shape index (κ1) is 47.8. The average molecular weight is 781 g/mol. The number of carbonyl (C=O) groups is 6. The molecule has 56 heavy (non-hydrogen) atoms. The highest BCUT2D eigenvalue weighted by atomic mass is 16.5. The number of ether oxygens (including phenoxy) is 2. The van der Waals surface area contributed by atoms with Gasteiger partial charge in [0.1, 0.15) is 23.6 Å². The molecule has 0 aliphatic rings. The van der Waals surface area contributed by atoms with E-state index in [1.807, 2.05) is 72.8 Å². The van der Waals surface area contributed by atoms with E-state index < -0.39 is 35.8 Å². The second-order valence-electron chi connectivity index (χ2n) is 12.7. The van der Waals surface area contributed by atoms with E-state index in [1.165, 1.54) is 13.8 Å². The Kier molecular flexibility index (Phi) is 19.5. The summed E-state index contributed by atoms with van der Waals surface area (Å²) in [5.74, 6) is -2.63. The third kappa shape index (κ3) is 14.2. The third-order valence-electron chi connectivity index (χ3n) is 8.73. The minimum absolute atomic E-state index is 0. The number of benzene rings is 4. The van der Waals surface area contributed by atoms with Crippen molar-refractivity contribution in [3.63, 3.8) is 0 Å². The lowest BCUT2D eigenvalue weighted by molar-refractivity contribution is -0.141. The molecule has 0 aliphatic carbocycles. The van der Waals surface area contributed by atoms with Gasteiger partial charge in [-0.3, -0.25) is 28.8 Å². The summed E-state index contributed by atoms with van der Waals surface area (Å²) in [4.78, 5) is 69.4. The number of amides is 4. The van der Waals surface area contributed by atoms with E-state index in [0.717, 1.165) is 44.2 Å². The fourth-order valence-electron chi connectivity index (χ4n) is 5.24. The molecule has 4 rings (SSSR count). The molecule has 0 saturated carbocycles. The molecule has 0 unspecified atom stereocenters. The highest BCUT2D eigenvalue weighted by Gasteiger charge is 2.19. The van der Waals surface area contributed by atoms with Gasteiger partial charge in [-0.1, -0.05) is 48.5 Å². The number of carboxylic acid groups (broad SMARTS) is 2. The van der Waals surface area contributed by atoms with Crippen LogP contribution in [0.25, 0.3) is 21.5 Å². The number of nitrogens with one attached hydrogen (secondary N) is 4. The first-order valence-corrected chi connectivity index (χ1v) is 17.4. The molecule has 16 heteroatoms. The lowest BCUT2D eigenvalue weighted by Crippen LogP contribution is -2.40. The standard InChI is InChI=1S/2C20H24N2O5.2H2O/c2*1-12(19(24)21-9-8-18(23)22-13(2)20(25)26)14-4-5-16-11-17(27-3)7-6-15(16)10-14;;/h2*4-7,10-13H,8-9H2,1-3H3,(H,21,24)(H,22,23)(H,25,26);2*1H2/t2*12-,13+;;/m00../s1. The van der Waals surface area contributed by atoms with Gasteiger partial charge >= 0.3 is 11.9 Å². The van der Waals surface area contributed by atoms with Crippen LogP contribution >= 0.6 is 0 Å². The summed E-state index contributed by atoms with van der Waals surface area (Å²) in [6, 6.07) is 21.2. The molecular formula is C40H52N4O12. The van der Waals surface area contributed by atoms with Gasteiger partial charge < -0.3 is 51.9 Å². The first-order valence-electron chi connectivity index (χ1n) is 17.4. The van der Waals surface area contributed by atoms with Crippen LogP contribution in [-0.2, 0) is 28.8 Å². The minimum Gasteiger partial charge on any atom is -0.497 e. The molecule has 0 aliphatic heterocycles. The van der Waals surface area contributed by atoms with Crippen LogP contribution in [0.15, 0.2) is 72.8 Å². The molecular weight excluding hydrogens is 728 g/mol. The molecule has 0 heterocycles. The van der Waals surface area contributed by atoms with Crippen molar-refractivity contribution in [1.29, 1.82) is 0 Å². The second kappa shape index (κ2) is 22.8. The molecule has 16 nitrogen and oxygen atoms in total. The predicted molar refractivity (Wildman–Crippen MR) is 211 cm³/mol. The van der Waals surface area contributed by atoms with Crippen LogP contribution in [0.3, 0.4) is 0 Å². The fraction of sp³-hybridized carbons (Fsp3) is 0.350. The van der Waals surface area contributed by atoms with Gasteiger partial charge in [0, 0.05) is 25.9 Å². The minimum atomic E-state index is -1.10. The van der Waals surface area contributed by atoms with Gasteiger partial charge in [0.2, 0.25) is 23.6 Å². The van der Waals surface area contributed by atoms with Gasteiger partial charge in [-0.2, -0.15) is 0 Å². The van der Waals surface area contributed by atoms with E-state index in [1.54, 1.807) is 28.1 Å². The maximum Gasteiger partial charge on any atom is 0.325 e. The summed E-state index contributed by atoms with van der Waals surface area (Å²) in [6.45, 7) is 6.66. The normalized spacial score (nSPS) is 12.4. The van der Waals surface area contributed by atoms with Crippen molar-refractivity contribution < 1.29 is 59.4 Å². The van der Waals surface area contributed by atoms with Gasteiger partial charge in [0.25, 0.3) is 0 Å². The SMILES string of the molecule is COc1ccc2cc([C@H](C)C(=O)NCCC(=O)N[C@H](C)C(=O)O)ccc2c1.COc1ccc2cc([C@H](C)C(=O)NCCC(=O)N[C@H](C)C(=O)O)ccc2c1.O.O. The maximum absolute atomic E-state index is 12.3. The van der Waals surface area contributed by atoms with Gasteiger partial charge in [-0.05, 0) is 84.6 Å². The summed E-state index contributed by atoms with van der Waals surface area (Å²) in [6.07, 6.45) is 0.0428. The molecule has 0 fully saturated rings. The monoisotopic (exact) mass is 780 g/mol. The number of hydrogen-bond acceptors (Lipinski definition) is 8. The van der Waals surface area contributed by atoms with E-state index in [4.69, 9.17) is 19.7 Å². The van der Waals surface area contributed by atoms with Gasteiger partial charge in [0.15, 0.2) is 0 Å². The van der Waals surface area contributed by atoms with Gasteiger partial charge in [0.05, 0.1) is 26.1 Å². The third-order valence-corrected chi connectivity index (χ3v) is 8.73. The zero-order valence-corrected chi connectivity index (χ0v) is 32.2. The van der Waals surface area contributed by atoms with Crippen LogP contribution in [-0.4, -0.2) is 96.1 Å². The van der Waals surface area contributed by atoms with E-state index >= 15 is 0 Å². The van der Waals surface area contributed by atoms with Crippen molar-refractivity contribution in [1.82, 2.24) is 21.3 Å². The number of aliphatic carboxylic acids is 2. The summed E-state index contributed by atoms with van der Waals surface area (Å²) >= 11 is 0. The molecule has 4 aromatic carbocycles. The van der Waals surface area contributed by atoms with Gasteiger partial charge in [-0.25, -0.2) is 0 Å². The highest BCUT2D eigenvalue weighted by molar-refractivity contribution is 5.90. The molecule has 304 valence electrons. The Morgan fingerprint density at radius 3 is 1.18 bits per heavy atom. The Morgan fingerprint density at radius 2 is 0.857 bits per heavy atom. The highest BCUT2D eigenvalue weighted by Crippen LogP contribution is 2.26. The maximum atomic E-state index is 12.3. The Hall–Kier alpha value is -6.26. The number of rotatable bonds is 16. The Morgan fingerprint density at radius 1 is 0.536 bits per heavy atom. The number of carboxylic acids is 2. The molecule has 4 amide bonds. The summed E-state index contributed by atoms with van der Waals surface area (Å²) < 4.78 is 10.4. The van der Waals surface area contributed by atoms with Crippen molar-refractivity contribution in [3.8, 4) is 11.5 Å². The lowest BCUT2D eigenvalue weighted by atomic mass is 9.97. The van der Waals surface area contributed by atoms with Crippen LogP contribution in [0.5, 0.6) is 11.5 Å². The van der Waals surface area contributed by atoms with Crippen LogP contribution in [0.4, 0.5) is 0 Å². The Labute approximate surface area is 324 Å². The summed E-state index contributed by atoms with van der Waals surface area (Å²) in [7, 11) is 3.23. The zero-order valence-electron chi connectivity index (χ0n) is 32.2. The summed E-state index contributed by atoms with van der Waals surface area (Å²) in [5.41, 5.74) is 1.74. The molecule has 0 radical (unpaired) electrons. The Balaban J connectivity index is 0.000000541. The summed E-state index contributed by atoms with van der Waals surface area (Å²) in [5, 5.41) is 31.7. The second-order valence-corrected chi connectivity index (χ2v) is 12.7. The van der Waals surface area contributed by atoms with Crippen molar-refractivity contribution >= 4 is 57.1 Å². The molecule has 0 saturated heterocycles. The number of hydrogen-bond donors (Lipinski definition) is 6. The van der Waals surface area contributed by atoms with Gasteiger partial charge in [-0.15, -0.1) is 0 Å². The molecule has 10 N–H and O–H groups in total. The number of carbonyl (C=O) groups excluding carboxylic acids is 4. The van der Waals surface area contributed by atoms with E-state index in [-0.39, 0.29) is 60.5 Å². The topological polar surface area (TPSA) is 272 Å². The van der Waals surface area contributed by atoms with Crippen molar-refractivity contribution in [3.05, 3.63) is 83.9 Å². The predicted octanol–water partition coefficient (Wildman–Crippen LogP) is 2.45. The van der Waals surface area contributed by atoms with Crippen molar-refractivity contribution in [2.75, 3.05) is 27.3 Å². The van der Waals surface area contributed by atoms with Crippen LogP contribution in [0.2, 0.25) is 0 Å². The van der Waals surface area contributed by atoms with E-state index in [0.29, 0.717) is 0 Å². The average Bonchev–Trinajstić information content (AvgIpc) is 3.16. The first-order chi connectivity index (χ1) is 25.6. The van der Waals surface area contributed by atoms with Crippen molar-refractivity contribution in [2.45, 2.75) is 64.5 Å². The molecule has 4 atom stereocenters. The molecule has 0 bridgehead atoms.